The standard InChI is InChI=1S/C12H10F3N3O2/c13-12(14,15)7-20-10-3-1-9(2-4-10)17-11(19)18-6-5-16-8-18/h1-6,8H,7H2,(H,17,19). The molecule has 0 unspecified atom stereocenters. The van der Waals surface area contributed by atoms with E-state index in [1.165, 1.54) is 47.6 Å². The third kappa shape index (κ3) is 4.01. The second-order valence-corrected chi connectivity index (χ2v) is 3.83. The van der Waals surface area contributed by atoms with Crippen LogP contribution < -0.4 is 10.1 Å². The van der Waals surface area contributed by atoms with Gasteiger partial charge in [-0.2, -0.15) is 13.2 Å². The summed E-state index contributed by atoms with van der Waals surface area (Å²) in [6, 6.07) is 5.15. The Labute approximate surface area is 112 Å². The van der Waals surface area contributed by atoms with E-state index in [0.717, 1.165) is 0 Å². The number of benzene rings is 1. The van der Waals surface area contributed by atoms with Gasteiger partial charge >= 0.3 is 12.2 Å². The smallest absolute Gasteiger partial charge is 0.422 e. The third-order valence-corrected chi connectivity index (χ3v) is 2.25. The van der Waals surface area contributed by atoms with Crippen molar-refractivity contribution in [1.29, 1.82) is 0 Å². The molecule has 106 valence electrons. The van der Waals surface area contributed by atoms with Crippen molar-refractivity contribution in [2.24, 2.45) is 0 Å². The van der Waals surface area contributed by atoms with Gasteiger partial charge in [-0.25, -0.2) is 9.78 Å². The maximum atomic E-state index is 12.0. The van der Waals surface area contributed by atoms with Crippen molar-refractivity contribution < 1.29 is 22.7 Å². The van der Waals surface area contributed by atoms with Gasteiger partial charge in [-0.1, -0.05) is 0 Å². The van der Waals surface area contributed by atoms with Crippen LogP contribution in [0.15, 0.2) is 43.0 Å². The van der Waals surface area contributed by atoms with Crippen molar-refractivity contribution in [3.63, 3.8) is 0 Å². The Bertz CT molecular complexity index is 565. The molecule has 2 rings (SSSR count). The van der Waals surface area contributed by atoms with Gasteiger partial charge in [-0.15, -0.1) is 0 Å². The molecule has 2 aromatic rings. The summed E-state index contributed by atoms with van der Waals surface area (Å²) in [5.74, 6) is 0.0722. The minimum absolute atomic E-state index is 0.0722. The molecule has 1 heterocycles. The zero-order valence-electron chi connectivity index (χ0n) is 10.1. The predicted octanol–water partition coefficient (Wildman–Crippen LogP) is 2.90. The molecule has 20 heavy (non-hydrogen) atoms. The number of amides is 1. The SMILES string of the molecule is O=C(Nc1ccc(OCC(F)(F)F)cc1)n1ccnc1. The van der Waals surface area contributed by atoms with Gasteiger partial charge in [0, 0.05) is 18.1 Å². The Morgan fingerprint density at radius 1 is 1.30 bits per heavy atom. The number of rotatable bonds is 3. The molecule has 0 aliphatic rings. The number of nitrogens with one attached hydrogen (secondary N) is 1. The molecule has 0 aliphatic carbocycles. The minimum Gasteiger partial charge on any atom is -0.484 e. The van der Waals surface area contributed by atoms with E-state index in [1.807, 2.05) is 0 Å². The molecule has 0 fully saturated rings. The number of imidazole rings is 1. The fourth-order valence-corrected chi connectivity index (χ4v) is 1.37. The van der Waals surface area contributed by atoms with Crippen LogP contribution >= 0.6 is 0 Å². The quantitative estimate of drug-likeness (QED) is 0.943. The van der Waals surface area contributed by atoms with Crippen molar-refractivity contribution in [2.45, 2.75) is 6.18 Å². The summed E-state index contributed by atoms with van der Waals surface area (Å²) < 4.78 is 41.7. The first-order chi connectivity index (χ1) is 9.44. The van der Waals surface area contributed by atoms with E-state index in [-0.39, 0.29) is 5.75 Å². The average molecular weight is 285 g/mol. The fraction of sp³-hybridized carbons (Fsp3) is 0.167. The normalized spacial score (nSPS) is 11.2. The van der Waals surface area contributed by atoms with Crippen LogP contribution in [0.2, 0.25) is 0 Å². The van der Waals surface area contributed by atoms with E-state index in [9.17, 15) is 18.0 Å². The summed E-state index contributed by atoms with van der Waals surface area (Å²) >= 11 is 0. The van der Waals surface area contributed by atoms with Crippen LogP contribution in [0.4, 0.5) is 23.7 Å². The second kappa shape index (κ2) is 5.64. The Balaban J connectivity index is 1.93. The van der Waals surface area contributed by atoms with E-state index in [2.05, 4.69) is 15.0 Å². The lowest BCUT2D eigenvalue weighted by atomic mass is 10.3. The monoisotopic (exact) mass is 285 g/mol. The van der Waals surface area contributed by atoms with E-state index in [4.69, 9.17) is 0 Å². The number of nitrogens with zero attached hydrogens (tertiary/aromatic N) is 2. The maximum absolute atomic E-state index is 12.0. The van der Waals surface area contributed by atoms with Gasteiger partial charge in [0.15, 0.2) is 6.61 Å². The topological polar surface area (TPSA) is 56.1 Å². The molecule has 0 spiro atoms. The van der Waals surface area contributed by atoms with Gasteiger partial charge in [0.2, 0.25) is 0 Å². The molecule has 8 heteroatoms. The van der Waals surface area contributed by atoms with Gasteiger partial charge in [-0.3, -0.25) is 4.57 Å². The number of hydrogen-bond donors (Lipinski definition) is 1. The molecule has 0 atom stereocenters. The molecule has 0 bridgehead atoms. The number of carbonyl (C=O) groups is 1. The Hall–Kier alpha value is -2.51. The number of ether oxygens (including phenoxy) is 1. The molecule has 1 amide bonds. The predicted molar refractivity (Wildman–Crippen MR) is 64.6 cm³/mol. The molecule has 1 aromatic heterocycles. The van der Waals surface area contributed by atoms with Crippen molar-refractivity contribution in [3.8, 4) is 5.75 Å². The first kappa shape index (κ1) is 13.9. The summed E-state index contributed by atoms with van der Waals surface area (Å²) in [5.41, 5.74) is 0.433. The maximum Gasteiger partial charge on any atom is 0.422 e. The molecule has 0 saturated heterocycles. The highest BCUT2D eigenvalue weighted by atomic mass is 19.4. The highest BCUT2D eigenvalue weighted by Gasteiger charge is 2.28. The van der Waals surface area contributed by atoms with Gasteiger partial charge in [-0.05, 0) is 24.3 Å². The van der Waals surface area contributed by atoms with E-state index < -0.39 is 18.8 Å². The summed E-state index contributed by atoms with van der Waals surface area (Å²) in [5, 5.41) is 2.55. The highest BCUT2D eigenvalue weighted by Crippen LogP contribution is 2.20. The van der Waals surface area contributed by atoms with Crippen molar-refractivity contribution in [3.05, 3.63) is 43.0 Å². The summed E-state index contributed by atoms with van der Waals surface area (Å²) in [4.78, 5) is 15.4. The summed E-state index contributed by atoms with van der Waals surface area (Å²) in [6.45, 7) is -1.35. The van der Waals surface area contributed by atoms with Crippen molar-refractivity contribution >= 4 is 11.7 Å². The van der Waals surface area contributed by atoms with Crippen molar-refractivity contribution in [2.75, 3.05) is 11.9 Å². The average Bonchev–Trinajstić information content (AvgIpc) is 2.91. The van der Waals surface area contributed by atoms with Gasteiger partial charge in [0.1, 0.15) is 12.1 Å². The third-order valence-electron chi connectivity index (χ3n) is 2.25. The molecule has 0 aliphatic heterocycles. The zero-order chi connectivity index (χ0) is 14.6. The molecule has 0 saturated carbocycles. The number of anilines is 1. The van der Waals surface area contributed by atoms with Crippen LogP contribution in [0.25, 0.3) is 0 Å². The number of carbonyl (C=O) groups excluding carboxylic acids is 1. The molecule has 5 nitrogen and oxygen atoms in total. The van der Waals surface area contributed by atoms with Crippen LogP contribution in [0.1, 0.15) is 0 Å². The Kier molecular flexibility index (Phi) is 3.92. The van der Waals surface area contributed by atoms with Crippen molar-refractivity contribution in [1.82, 2.24) is 9.55 Å². The number of hydrogen-bond acceptors (Lipinski definition) is 3. The van der Waals surface area contributed by atoms with Crippen LogP contribution in [0, 0.1) is 0 Å². The second-order valence-electron chi connectivity index (χ2n) is 3.83. The van der Waals surface area contributed by atoms with Crippen LogP contribution in [-0.4, -0.2) is 28.4 Å². The first-order valence-corrected chi connectivity index (χ1v) is 5.53. The minimum atomic E-state index is -4.38. The number of halogens is 3. The van der Waals surface area contributed by atoms with E-state index >= 15 is 0 Å². The lowest BCUT2D eigenvalue weighted by Gasteiger charge is -2.10. The van der Waals surface area contributed by atoms with Gasteiger partial charge in [0.05, 0.1) is 0 Å². The number of aromatic nitrogens is 2. The largest absolute Gasteiger partial charge is 0.484 e. The van der Waals surface area contributed by atoms with E-state index in [0.29, 0.717) is 5.69 Å². The molecule has 1 N–H and O–H groups in total. The zero-order valence-corrected chi connectivity index (χ0v) is 10.1. The Morgan fingerprint density at radius 3 is 2.55 bits per heavy atom. The van der Waals surface area contributed by atoms with Gasteiger partial charge < -0.3 is 10.1 Å². The first-order valence-electron chi connectivity index (χ1n) is 5.53. The molecule has 0 radical (unpaired) electrons. The Morgan fingerprint density at radius 2 is 2.00 bits per heavy atom. The highest BCUT2D eigenvalue weighted by molar-refractivity contribution is 5.90. The summed E-state index contributed by atoms with van der Waals surface area (Å²) in [6.07, 6.45) is -0.131. The lowest BCUT2D eigenvalue weighted by molar-refractivity contribution is -0.153. The molecule has 1 aromatic carbocycles. The molecular formula is C12H10F3N3O2. The fourth-order valence-electron chi connectivity index (χ4n) is 1.37. The van der Waals surface area contributed by atoms with Crippen LogP contribution in [0.3, 0.4) is 0 Å². The van der Waals surface area contributed by atoms with Crippen LogP contribution in [-0.2, 0) is 0 Å². The summed E-state index contributed by atoms with van der Waals surface area (Å²) in [7, 11) is 0. The lowest BCUT2D eigenvalue weighted by Crippen LogP contribution is -2.19. The number of alkyl halides is 3. The molecular weight excluding hydrogens is 275 g/mol. The van der Waals surface area contributed by atoms with Crippen LogP contribution in [0.5, 0.6) is 5.75 Å². The van der Waals surface area contributed by atoms with E-state index in [1.54, 1.807) is 0 Å². The van der Waals surface area contributed by atoms with Gasteiger partial charge in [0.25, 0.3) is 0 Å².